The molecule has 1 aliphatic heterocycles. The van der Waals surface area contributed by atoms with Gasteiger partial charge in [-0.15, -0.1) is 12.4 Å². The molecule has 2 aromatic rings. The molecule has 0 aromatic heterocycles. The molecule has 2 aromatic carbocycles. The highest BCUT2D eigenvalue weighted by atomic mass is 35.5. The molecule has 1 aliphatic rings. The maximum Gasteiger partial charge on any atom is 0.125 e. The number of halogens is 3. The Hall–Kier alpha value is -1.17. The topological polar surface area (TPSA) is 24.9 Å². The van der Waals surface area contributed by atoms with E-state index in [9.17, 15) is 0 Å². The first kappa shape index (κ1) is 27.1. The fraction of sp³-hybridized carbons (Fsp3) is 0.520. The SMILES string of the molecule is CN(C)CCC(Oc1ccc(Cl)c(Cl)c1)c1ccc(OCCCN2CCCCC2)cc1.Cl. The summed E-state index contributed by atoms with van der Waals surface area (Å²) >= 11 is 12.2. The van der Waals surface area contributed by atoms with Gasteiger partial charge >= 0.3 is 0 Å². The van der Waals surface area contributed by atoms with Crippen molar-refractivity contribution in [1.29, 1.82) is 0 Å². The van der Waals surface area contributed by atoms with Gasteiger partial charge in [-0.05, 0) is 76.3 Å². The predicted molar refractivity (Wildman–Crippen MR) is 137 cm³/mol. The van der Waals surface area contributed by atoms with E-state index in [2.05, 4.69) is 36.0 Å². The van der Waals surface area contributed by atoms with Crippen LogP contribution >= 0.6 is 35.6 Å². The molecule has 1 atom stereocenters. The largest absolute Gasteiger partial charge is 0.494 e. The molecular weight excluding hydrogens is 467 g/mol. The minimum absolute atomic E-state index is 0. The van der Waals surface area contributed by atoms with E-state index in [0.29, 0.717) is 10.0 Å². The number of hydrogen-bond donors (Lipinski definition) is 0. The average molecular weight is 502 g/mol. The van der Waals surface area contributed by atoms with Crippen LogP contribution in [0.5, 0.6) is 11.5 Å². The smallest absolute Gasteiger partial charge is 0.125 e. The lowest BCUT2D eigenvalue weighted by molar-refractivity contribution is 0.179. The summed E-state index contributed by atoms with van der Waals surface area (Å²) in [5.41, 5.74) is 1.12. The monoisotopic (exact) mass is 500 g/mol. The van der Waals surface area contributed by atoms with E-state index in [1.54, 1.807) is 12.1 Å². The number of nitrogens with zero attached hydrogens (tertiary/aromatic N) is 2. The highest BCUT2D eigenvalue weighted by molar-refractivity contribution is 6.42. The Morgan fingerprint density at radius 3 is 2.28 bits per heavy atom. The fourth-order valence-electron chi connectivity index (χ4n) is 3.82. The van der Waals surface area contributed by atoms with Crippen LogP contribution in [0.2, 0.25) is 10.0 Å². The van der Waals surface area contributed by atoms with E-state index in [1.807, 2.05) is 18.2 Å². The summed E-state index contributed by atoms with van der Waals surface area (Å²) in [7, 11) is 4.13. The van der Waals surface area contributed by atoms with Crippen LogP contribution in [-0.2, 0) is 0 Å². The normalized spacial score (nSPS) is 15.3. The quantitative estimate of drug-likeness (QED) is 0.318. The minimum Gasteiger partial charge on any atom is -0.494 e. The minimum atomic E-state index is -0.0761. The third-order valence-corrected chi connectivity index (χ3v) is 6.33. The van der Waals surface area contributed by atoms with Crippen LogP contribution in [0.1, 0.15) is 43.8 Å². The first-order valence-corrected chi connectivity index (χ1v) is 12.0. The Labute approximate surface area is 209 Å². The second-order valence-corrected chi connectivity index (χ2v) is 9.26. The first-order valence-electron chi connectivity index (χ1n) is 11.2. The summed E-state index contributed by atoms with van der Waals surface area (Å²) in [4.78, 5) is 4.71. The van der Waals surface area contributed by atoms with E-state index >= 15 is 0 Å². The van der Waals surface area contributed by atoms with Crippen LogP contribution in [0.25, 0.3) is 0 Å². The zero-order valence-electron chi connectivity index (χ0n) is 19.1. The van der Waals surface area contributed by atoms with Crippen molar-refractivity contribution in [3.63, 3.8) is 0 Å². The van der Waals surface area contributed by atoms with Crippen LogP contribution in [0.3, 0.4) is 0 Å². The van der Waals surface area contributed by atoms with Crippen LogP contribution in [0, 0.1) is 0 Å². The summed E-state index contributed by atoms with van der Waals surface area (Å²) in [6.07, 6.45) is 5.90. The van der Waals surface area contributed by atoms with Gasteiger partial charge in [-0.2, -0.15) is 0 Å². The number of rotatable bonds is 11. The third-order valence-electron chi connectivity index (χ3n) is 5.60. The molecular formula is C25H35Cl3N2O2. The summed E-state index contributed by atoms with van der Waals surface area (Å²) in [6, 6.07) is 13.7. The van der Waals surface area contributed by atoms with Crippen LogP contribution in [0.4, 0.5) is 0 Å². The van der Waals surface area contributed by atoms with Crippen molar-refractivity contribution >= 4 is 35.6 Å². The fourth-order valence-corrected chi connectivity index (χ4v) is 4.11. The van der Waals surface area contributed by atoms with Gasteiger partial charge in [0.25, 0.3) is 0 Å². The molecule has 0 bridgehead atoms. The van der Waals surface area contributed by atoms with Crippen LogP contribution in [0.15, 0.2) is 42.5 Å². The van der Waals surface area contributed by atoms with Gasteiger partial charge in [0.05, 0.1) is 16.7 Å². The molecule has 0 spiro atoms. The van der Waals surface area contributed by atoms with Crippen LogP contribution in [-0.4, -0.2) is 56.7 Å². The Balaban J connectivity index is 0.00000363. The number of piperidine rings is 1. The standard InChI is InChI=1S/C25H34Cl2N2O2.ClH/c1-28(2)17-13-25(31-22-11-12-23(26)24(27)19-22)20-7-9-21(10-8-20)30-18-6-16-29-14-4-3-5-15-29;/h7-12,19,25H,3-6,13-18H2,1-2H3;1H. The van der Waals surface area contributed by atoms with Crippen molar-refractivity contribution in [2.75, 3.05) is 46.9 Å². The molecule has 4 nitrogen and oxygen atoms in total. The van der Waals surface area contributed by atoms with Crippen molar-refractivity contribution in [3.05, 3.63) is 58.1 Å². The number of benzene rings is 2. The summed E-state index contributed by atoms with van der Waals surface area (Å²) in [5, 5.41) is 1.03. The van der Waals surface area contributed by atoms with Crippen molar-refractivity contribution < 1.29 is 9.47 Å². The molecule has 1 saturated heterocycles. The van der Waals surface area contributed by atoms with Gasteiger partial charge < -0.3 is 19.3 Å². The van der Waals surface area contributed by atoms with E-state index in [-0.39, 0.29) is 18.5 Å². The van der Waals surface area contributed by atoms with Crippen molar-refractivity contribution in [3.8, 4) is 11.5 Å². The van der Waals surface area contributed by atoms with E-state index in [0.717, 1.165) is 49.6 Å². The lowest BCUT2D eigenvalue weighted by atomic mass is 10.1. The molecule has 1 unspecified atom stereocenters. The van der Waals surface area contributed by atoms with E-state index in [4.69, 9.17) is 32.7 Å². The molecule has 7 heteroatoms. The summed E-state index contributed by atoms with van der Waals surface area (Å²) in [6.45, 7) is 5.27. The van der Waals surface area contributed by atoms with E-state index < -0.39 is 0 Å². The maximum absolute atomic E-state index is 6.28. The lowest BCUT2D eigenvalue weighted by Crippen LogP contribution is -2.31. The molecule has 178 valence electrons. The van der Waals surface area contributed by atoms with Gasteiger partial charge in [0.2, 0.25) is 0 Å². The molecule has 0 aliphatic carbocycles. The van der Waals surface area contributed by atoms with Gasteiger partial charge in [0.1, 0.15) is 17.6 Å². The molecule has 0 saturated carbocycles. The molecule has 32 heavy (non-hydrogen) atoms. The average Bonchev–Trinajstić information content (AvgIpc) is 2.78. The molecule has 1 fully saturated rings. The van der Waals surface area contributed by atoms with Gasteiger partial charge in [-0.1, -0.05) is 41.8 Å². The molecule has 1 heterocycles. The van der Waals surface area contributed by atoms with E-state index in [1.165, 1.54) is 32.4 Å². The second kappa shape index (κ2) is 14.2. The zero-order valence-corrected chi connectivity index (χ0v) is 21.4. The van der Waals surface area contributed by atoms with Crippen molar-refractivity contribution in [1.82, 2.24) is 9.80 Å². The number of likely N-dealkylation sites (tertiary alicyclic amines) is 1. The maximum atomic E-state index is 6.28. The summed E-state index contributed by atoms with van der Waals surface area (Å²) in [5.74, 6) is 1.62. The molecule has 3 rings (SSSR count). The van der Waals surface area contributed by atoms with Gasteiger partial charge in [0.15, 0.2) is 0 Å². The second-order valence-electron chi connectivity index (χ2n) is 8.45. The Bertz CT molecular complexity index is 796. The highest BCUT2D eigenvalue weighted by Crippen LogP contribution is 2.31. The first-order chi connectivity index (χ1) is 15.0. The number of hydrogen-bond acceptors (Lipinski definition) is 4. The third kappa shape index (κ3) is 8.99. The Morgan fingerprint density at radius 2 is 1.62 bits per heavy atom. The van der Waals surface area contributed by atoms with Crippen molar-refractivity contribution in [2.24, 2.45) is 0 Å². The molecule has 0 amide bonds. The Morgan fingerprint density at radius 1 is 0.938 bits per heavy atom. The van der Waals surface area contributed by atoms with Crippen LogP contribution < -0.4 is 9.47 Å². The Kier molecular flexibility index (Phi) is 12.0. The van der Waals surface area contributed by atoms with Gasteiger partial charge in [0, 0.05) is 25.6 Å². The van der Waals surface area contributed by atoms with Crippen molar-refractivity contribution in [2.45, 2.75) is 38.2 Å². The van der Waals surface area contributed by atoms with Gasteiger partial charge in [-0.25, -0.2) is 0 Å². The summed E-state index contributed by atoms with van der Waals surface area (Å²) < 4.78 is 12.2. The molecule has 0 N–H and O–H groups in total. The highest BCUT2D eigenvalue weighted by Gasteiger charge is 2.15. The molecule has 0 radical (unpaired) electrons. The number of ether oxygens (including phenoxy) is 2. The zero-order chi connectivity index (χ0) is 22.1. The predicted octanol–water partition coefficient (Wildman–Crippen LogP) is 6.74. The lowest BCUT2D eigenvalue weighted by Gasteiger charge is -2.26. The van der Waals surface area contributed by atoms with Gasteiger partial charge in [-0.3, -0.25) is 0 Å².